The Labute approximate surface area is 212 Å². The molecule has 0 bridgehead atoms. The van der Waals surface area contributed by atoms with Gasteiger partial charge in [-0.1, -0.05) is 83.6 Å². The number of carbonyl (C=O) groups excluding carboxylic acids is 1. The molecule has 33 heavy (non-hydrogen) atoms. The van der Waals surface area contributed by atoms with Gasteiger partial charge in [-0.25, -0.2) is 0 Å². The smallest absolute Gasteiger partial charge is 0.270 e. The summed E-state index contributed by atoms with van der Waals surface area (Å²) in [6, 6.07) is 20.4. The van der Waals surface area contributed by atoms with Crippen LogP contribution in [0.4, 0.5) is 5.69 Å². The maximum absolute atomic E-state index is 13.1. The molecule has 0 radical (unpaired) electrons. The second-order valence-electron chi connectivity index (χ2n) is 7.03. The number of halogens is 2. The Kier molecular flexibility index (Phi) is 7.60. The van der Waals surface area contributed by atoms with Crippen LogP contribution in [-0.4, -0.2) is 16.8 Å². The van der Waals surface area contributed by atoms with E-state index in [1.807, 2.05) is 55.5 Å². The second kappa shape index (κ2) is 10.6. The van der Waals surface area contributed by atoms with Crippen molar-refractivity contribution < 1.29 is 14.3 Å². The number of ether oxygens (including phenoxy) is 2. The molecule has 1 saturated heterocycles. The van der Waals surface area contributed by atoms with Gasteiger partial charge < -0.3 is 9.47 Å². The van der Waals surface area contributed by atoms with Crippen molar-refractivity contribution in [1.82, 2.24) is 0 Å². The Hall–Kier alpha value is -2.51. The van der Waals surface area contributed by atoms with Crippen molar-refractivity contribution in [1.29, 1.82) is 0 Å². The van der Waals surface area contributed by atoms with E-state index >= 15 is 0 Å². The summed E-state index contributed by atoms with van der Waals surface area (Å²) in [4.78, 5) is 15.0. The van der Waals surface area contributed by atoms with Gasteiger partial charge in [0.15, 0.2) is 15.8 Å². The molecule has 1 amide bonds. The van der Waals surface area contributed by atoms with Crippen LogP contribution in [0.25, 0.3) is 6.08 Å². The van der Waals surface area contributed by atoms with E-state index in [1.165, 1.54) is 16.7 Å². The highest BCUT2D eigenvalue weighted by molar-refractivity contribution is 8.27. The Balaban J connectivity index is 1.57. The van der Waals surface area contributed by atoms with Crippen LogP contribution < -0.4 is 14.4 Å². The van der Waals surface area contributed by atoms with Crippen molar-refractivity contribution >= 4 is 69.2 Å². The minimum atomic E-state index is -0.239. The molecule has 0 aliphatic carbocycles. The van der Waals surface area contributed by atoms with Crippen LogP contribution in [-0.2, 0) is 11.4 Å². The zero-order valence-electron chi connectivity index (χ0n) is 17.6. The molecule has 4 rings (SSSR count). The summed E-state index contributed by atoms with van der Waals surface area (Å²) in [6.07, 6.45) is 1.78. The average molecular weight is 516 g/mol. The molecule has 1 fully saturated rings. The van der Waals surface area contributed by atoms with Gasteiger partial charge in [-0.05, 0) is 54.5 Å². The summed E-state index contributed by atoms with van der Waals surface area (Å²) in [5, 5.41) is 0.848. The van der Waals surface area contributed by atoms with Crippen molar-refractivity contribution in [2.45, 2.75) is 13.5 Å². The molecule has 3 aromatic carbocycles. The maximum Gasteiger partial charge on any atom is 0.270 e. The Bertz CT molecular complexity index is 1230. The molecular weight excluding hydrogens is 497 g/mol. The molecule has 1 heterocycles. The highest BCUT2D eigenvalue weighted by Gasteiger charge is 2.34. The molecule has 1 aliphatic heterocycles. The van der Waals surface area contributed by atoms with Gasteiger partial charge in [0.05, 0.1) is 22.2 Å². The number of anilines is 1. The van der Waals surface area contributed by atoms with Crippen LogP contribution in [0.15, 0.2) is 71.6 Å². The molecule has 0 saturated carbocycles. The normalized spacial score (nSPS) is 14.8. The first kappa shape index (κ1) is 23.6. The summed E-state index contributed by atoms with van der Waals surface area (Å²) < 4.78 is 12.2. The Morgan fingerprint density at radius 3 is 2.52 bits per heavy atom. The second-order valence-corrected chi connectivity index (χ2v) is 9.55. The largest absolute Gasteiger partial charge is 0.490 e. The van der Waals surface area contributed by atoms with Gasteiger partial charge in [-0.2, -0.15) is 0 Å². The number of carbonyl (C=O) groups is 1. The van der Waals surface area contributed by atoms with E-state index in [-0.39, 0.29) is 5.91 Å². The van der Waals surface area contributed by atoms with E-state index in [0.717, 1.165) is 11.1 Å². The molecule has 3 aromatic rings. The standard InChI is InChI=1S/C25H19Cl2NO3S2/c1-2-30-22-12-17(8-11-21(22)31-15-16-6-4-3-5-7-16)13-23-24(29)28(25(32)33-23)20-10-9-18(26)14-19(20)27/h3-14H,2,15H2,1H3/b23-13-. The molecule has 0 spiro atoms. The van der Waals surface area contributed by atoms with Crippen LogP contribution in [0.3, 0.4) is 0 Å². The number of amides is 1. The SMILES string of the molecule is CCOc1cc(/C=C2\SC(=S)N(c3ccc(Cl)cc3Cl)C2=O)ccc1OCc1ccccc1. The minimum absolute atomic E-state index is 0.239. The van der Waals surface area contributed by atoms with Gasteiger partial charge in [0.25, 0.3) is 5.91 Å². The van der Waals surface area contributed by atoms with E-state index in [9.17, 15) is 4.79 Å². The number of benzene rings is 3. The quantitative estimate of drug-likeness (QED) is 0.242. The van der Waals surface area contributed by atoms with Crippen LogP contribution in [0.5, 0.6) is 11.5 Å². The lowest BCUT2D eigenvalue weighted by Gasteiger charge is -2.16. The van der Waals surface area contributed by atoms with Crippen LogP contribution >= 0.6 is 47.2 Å². The van der Waals surface area contributed by atoms with Crippen molar-refractivity contribution in [3.05, 3.63) is 92.8 Å². The minimum Gasteiger partial charge on any atom is -0.490 e. The topological polar surface area (TPSA) is 38.8 Å². The van der Waals surface area contributed by atoms with Crippen LogP contribution in [0.1, 0.15) is 18.1 Å². The fraction of sp³-hybridized carbons (Fsp3) is 0.120. The van der Waals surface area contributed by atoms with E-state index in [4.69, 9.17) is 44.9 Å². The third-order valence-corrected chi connectivity index (χ3v) is 6.59. The molecule has 0 aromatic heterocycles. The highest BCUT2D eigenvalue weighted by Crippen LogP contribution is 2.40. The summed E-state index contributed by atoms with van der Waals surface area (Å²) in [6.45, 7) is 2.83. The lowest BCUT2D eigenvalue weighted by molar-refractivity contribution is -0.113. The summed E-state index contributed by atoms with van der Waals surface area (Å²) in [5.41, 5.74) is 2.37. The number of thioether (sulfide) groups is 1. The first-order valence-electron chi connectivity index (χ1n) is 10.1. The van der Waals surface area contributed by atoms with Gasteiger partial charge in [0.1, 0.15) is 6.61 Å². The number of rotatable bonds is 7. The predicted molar refractivity (Wildman–Crippen MR) is 140 cm³/mol. The fourth-order valence-electron chi connectivity index (χ4n) is 3.23. The lowest BCUT2D eigenvalue weighted by atomic mass is 10.1. The van der Waals surface area contributed by atoms with Gasteiger partial charge >= 0.3 is 0 Å². The number of hydrogen-bond donors (Lipinski definition) is 0. The van der Waals surface area contributed by atoms with Crippen molar-refractivity contribution in [3.63, 3.8) is 0 Å². The average Bonchev–Trinajstić information content (AvgIpc) is 3.07. The maximum atomic E-state index is 13.1. The third-order valence-electron chi connectivity index (χ3n) is 4.75. The number of hydrogen-bond acceptors (Lipinski definition) is 5. The van der Waals surface area contributed by atoms with Crippen molar-refractivity contribution in [2.75, 3.05) is 11.5 Å². The van der Waals surface area contributed by atoms with E-state index < -0.39 is 0 Å². The fourth-order valence-corrected chi connectivity index (χ4v) is 5.00. The lowest BCUT2D eigenvalue weighted by Crippen LogP contribution is -2.27. The van der Waals surface area contributed by atoms with Gasteiger partial charge in [-0.3, -0.25) is 9.69 Å². The monoisotopic (exact) mass is 515 g/mol. The van der Waals surface area contributed by atoms with Gasteiger partial charge in [0.2, 0.25) is 0 Å². The zero-order valence-corrected chi connectivity index (χ0v) is 20.7. The van der Waals surface area contributed by atoms with Crippen molar-refractivity contribution in [2.24, 2.45) is 0 Å². The summed E-state index contributed by atoms with van der Waals surface area (Å²) in [5.74, 6) is 1.01. The molecule has 0 unspecified atom stereocenters. The molecular formula is C25H19Cl2NO3S2. The van der Waals surface area contributed by atoms with Crippen LogP contribution in [0.2, 0.25) is 10.0 Å². The third kappa shape index (κ3) is 5.53. The molecule has 168 valence electrons. The molecule has 1 aliphatic rings. The van der Waals surface area contributed by atoms with Crippen LogP contribution in [0, 0.1) is 0 Å². The molecule has 8 heteroatoms. The van der Waals surface area contributed by atoms with Gasteiger partial charge in [-0.15, -0.1) is 0 Å². The summed E-state index contributed by atoms with van der Waals surface area (Å²) >= 11 is 18.9. The first-order valence-corrected chi connectivity index (χ1v) is 12.1. The van der Waals surface area contributed by atoms with E-state index in [1.54, 1.807) is 24.3 Å². The number of thiocarbonyl (C=S) groups is 1. The molecule has 4 nitrogen and oxygen atoms in total. The van der Waals surface area contributed by atoms with E-state index in [2.05, 4.69) is 0 Å². The predicted octanol–water partition coefficient (Wildman–Crippen LogP) is 7.38. The molecule has 0 atom stereocenters. The van der Waals surface area contributed by atoms with Gasteiger partial charge in [0, 0.05) is 5.02 Å². The Morgan fingerprint density at radius 2 is 1.79 bits per heavy atom. The Morgan fingerprint density at radius 1 is 1.00 bits per heavy atom. The highest BCUT2D eigenvalue weighted by atomic mass is 35.5. The molecule has 0 N–H and O–H groups in total. The zero-order chi connectivity index (χ0) is 23.4. The van der Waals surface area contributed by atoms with Crippen molar-refractivity contribution in [3.8, 4) is 11.5 Å². The number of nitrogens with zero attached hydrogens (tertiary/aromatic N) is 1. The first-order chi connectivity index (χ1) is 16.0. The van der Waals surface area contributed by atoms with E-state index in [0.29, 0.717) is 49.7 Å². The summed E-state index contributed by atoms with van der Waals surface area (Å²) in [7, 11) is 0.